The summed E-state index contributed by atoms with van der Waals surface area (Å²) in [7, 11) is 2.17. The molecule has 1 aromatic carbocycles. The van der Waals surface area contributed by atoms with Crippen LogP contribution in [0.15, 0.2) is 42.0 Å². The second kappa shape index (κ2) is 6.48. The van der Waals surface area contributed by atoms with Crippen molar-refractivity contribution in [1.82, 2.24) is 0 Å². The maximum atomic E-state index is 12.2. The van der Waals surface area contributed by atoms with Gasteiger partial charge in [-0.1, -0.05) is 12.6 Å². The fourth-order valence-corrected chi connectivity index (χ4v) is 6.26. The van der Waals surface area contributed by atoms with Crippen LogP contribution in [0.25, 0.3) is 0 Å². The van der Waals surface area contributed by atoms with E-state index in [0.29, 0.717) is 34.3 Å². The molecule has 149 valence electrons. The van der Waals surface area contributed by atoms with Crippen LogP contribution in [0.4, 0.5) is 0 Å². The van der Waals surface area contributed by atoms with Crippen LogP contribution in [-0.2, 0) is 44.5 Å². The van der Waals surface area contributed by atoms with Crippen molar-refractivity contribution in [3.05, 3.63) is 53.6 Å². The number of likely N-dealkylation sites (N-methyl/N-ethyl adjacent to an activating group) is 1. The van der Waals surface area contributed by atoms with Crippen molar-refractivity contribution >= 4 is 11.6 Å². The van der Waals surface area contributed by atoms with Gasteiger partial charge in [0, 0.05) is 51.1 Å². The number of primary amides is 1. The number of carbonyl (C=O) groups excluding carboxylic acids is 1. The number of piperidine rings is 1. The summed E-state index contributed by atoms with van der Waals surface area (Å²) in [4.78, 5) is 12.1. The molecule has 1 spiro atoms. The zero-order valence-corrected chi connectivity index (χ0v) is 19.3. The SMILES string of the molecule is C=CC[N+]1(C)CC[C@]23c4c5ccc(C(N)=O)c4OC2/C(=N/N)C=C[C@@]3(O)[C@H]1C5.[Y]. The first-order valence-electron chi connectivity index (χ1n) is 9.60. The van der Waals surface area contributed by atoms with Gasteiger partial charge in [0.15, 0.2) is 6.10 Å². The molecular weight excluding hydrogens is 445 g/mol. The number of hydrogen-bond acceptors (Lipinski definition) is 5. The molecule has 0 aromatic heterocycles. The molecule has 8 heteroatoms. The first-order chi connectivity index (χ1) is 13.3. The number of amides is 1. The summed E-state index contributed by atoms with van der Waals surface area (Å²) in [5.41, 5.74) is 6.67. The molecular formula is C21H25N4O3Y+. The number of quaternary nitrogens is 1. The van der Waals surface area contributed by atoms with Crippen LogP contribution in [0.1, 0.15) is 27.9 Å². The van der Waals surface area contributed by atoms with E-state index in [0.717, 1.165) is 24.2 Å². The number of nitrogens with two attached hydrogens (primary N) is 2. The molecule has 4 aliphatic rings. The Bertz CT molecular complexity index is 992. The third kappa shape index (κ3) is 2.27. The zero-order valence-electron chi connectivity index (χ0n) is 16.5. The number of aliphatic hydroxyl groups is 1. The number of likely N-dealkylation sites (tertiary alicyclic amines) is 1. The molecule has 2 aliphatic carbocycles. The van der Waals surface area contributed by atoms with Gasteiger partial charge in [-0.05, 0) is 29.9 Å². The summed E-state index contributed by atoms with van der Waals surface area (Å²) in [5.74, 6) is 5.61. The Labute approximate surface area is 194 Å². The van der Waals surface area contributed by atoms with Gasteiger partial charge in [-0.2, -0.15) is 5.10 Å². The van der Waals surface area contributed by atoms with Gasteiger partial charge in [0.25, 0.3) is 5.91 Å². The van der Waals surface area contributed by atoms with Gasteiger partial charge in [-0.25, -0.2) is 0 Å². The molecule has 1 saturated heterocycles. The summed E-state index contributed by atoms with van der Waals surface area (Å²) in [6, 6.07) is 3.62. The minimum Gasteiger partial charge on any atom is -0.482 e. The molecule has 2 heterocycles. The average Bonchev–Trinajstić information content (AvgIpc) is 3.00. The van der Waals surface area contributed by atoms with E-state index in [4.69, 9.17) is 16.3 Å². The van der Waals surface area contributed by atoms with Gasteiger partial charge in [-0.3, -0.25) is 4.79 Å². The fourth-order valence-electron chi connectivity index (χ4n) is 6.26. The fraction of sp³-hybridized carbons (Fsp3) is 0.429. The molecule has 5 N–H and O–H groups in total. The second-order valence-electron chi connectivity index (χ2n) is 8.67. The van der Waals surface area contributed by atoms with Crippen molar-refractivity contribution in [1.29, 1.82) is 0 Å². The van der Waals surface area contributed by atoms with Crippen molar-refractivity contribution in [2.45, 2.75) is 36.0 Å². The van der Waals surface area contributed by atoms with Crippen molar-refractivity contribution < 1.29 is 51.8 Å². The molecule has 1 radical (unpaired) electrons. The first-order valence-corrected chi connectivity index (χ1v) is 9.60. The Balaban J connectivity index is 0.00000205. The van der Waals surface area contributed by atoms with E-state index >= 15 is 0 Å². The second-order valence-corrected chi connectivity index (χ2v) is 8.67. The monoisotopic (exact) mass is 470 g/mol. The minimum absolute atomic E-state index is 0. The Kier molecular flexibility index (Phi) is 4.63. The summed E-state index contributed by atoms with van der Waals surface area (Å²) >= 11 is 0. The van der Waals surface area contributed by atoms with Gasteiger partial charge >= 0.3 is 0 Å². The minimum atomic E-state index is -1.14. The van der Waals surface area contributed by atoms with E-state index in [1.807, 2.05) is 18.2 Å². The Morgan fingerprint density at radius 2 is 2.28 bits per heavy atom. The average molecular weight is 470 g/mol. The van der Waals surface area contributed by atoms with E-state index in [1.165, 1.54) is 0 Å². The van der Waals surface area contributed by atoms with Gasteiger partial charge in [0.05, 0.1) is 31.1 Å². The quantitative estimate of drug-likeness (QED) is 0.256. The standard InChI is InChI=1S/C21H24N4O3.Y/c1-3-9-25(2)10-8-20-16-12-4-5-13(19(22)26)17(16)28-18(20)14(24-23)6-7-21(20,27)15(25)11-12;/h3-7,15,18,27H,1,8-11,23H2,2H3,(H-,22,26);/p+1/b24-14+;/t15-,18?,20+,21-,25?;/m1./s1. The van der Waals surface area contributed by atoms with E-state index < -0.39 is 23.0 Å². The predicted octanol–water partition coefficient (Wildman–Crippen LogP) is 0.358. The first kappa shape index (κ1) is 20.7. The van der Waals surface area contributed by atoms with Crippen LogP contribution < -0.4 is 16.3 Å². The van der Waals surface area contributed by atoms with Gasteiger partial charge < -0.3 is 25.9 Å². The van der Waals surface area contributed by atoms with E-state index in [9.17, 15) is 9.90 Å². The molecule has 7 nitrogen and oxygen atoms in total. The van der Waals surface area contributed by atoms with Crippen molar-refractivity contribution in [3.8, 4) is 5.75 Å². The maximum Gasteiger partial charge on any atom is 0.252 e. The summed E-state index contributed by atoms with van der Waals surface area (Å²) in [5, 5.41) is 16.1. The smallest absolute Gasteiger partial charge is 0.252 e. The third-order valence-electron chi connectivity index (χ3n) is 7.52. The maximum absolute atomic E-state index is 12.2. The largest absolute Gasteiger partial charge is 0.482 e. The van der Waals surface area contributed by atoms with Gasteiger partial charge in [-0.15, -0.1) is 0 Å². The molecule has 5 atom stereocenters. The molecule has 2 unspecified atom stereocenters. The van der Waals surface area contributed by atoms with E-state index in [1.54, 1.807) is 12.1 Å². The van der Waals surface area contributed by atoms with Crippen LogP contribution >= 0.6 is 0 Å². The molecule has 1 amide bonds. The Morgan fingerprint density at radius 1 is 1.52 bits per heavy atom. The molecule has 0 saturated carbocycles. The summed E-state index contributed by atoms with van der Waals surface area (Å²) < 4.78 is 7.01. The number of rotatable bonds is 3. The number of hydrazone groups is 1. The van der Waals surface area contributed by atoms with Crippen LogP contribution in [0.5, 0.6) is 5.75 Å². The number of benzene rings is 1. The van der Waals surface area contributed by atoms with Crippen LogP contribution in [0.3, 0.4) is 0 Å². The molecule has 5 rings (SSSR count). The predicted molar refractivity (Wildman–Crippen MR) is 105 cm³/mol. The van der Waals surface area contributed by atoms with Crippen molar-refractivity contribution in [2.24, 2.45) is 16.7 Å². The number of carbonyl (C=O) groups is 1. The number of ether oxygens (including phenoxy) is 1. The van der Waals surface area contributed by atoms with E-state index in [-0.39, 0.29) is 38.8 Å². The molecule has 1 fully saturated rings. The number of nitrogens with zero attached hydrogens (tertiary/aromatic N) is 2. The molecule has 1 aromatic rings. The summed E-state index contributed by atoms with van der Waals surface area (Å²) in [6.07, 6.45) is 6.35. The summed E-state index contributed by atoms with van der Waals surface area (Å²) in [6.45, 7) is 5.55. The topological polar surface area (TPSA) is 111 Å². The normalized spacial score (nSPS) is 39.3. The molecule has 2 bridgehead atoms. The van der Waals surface area contributed by atoms with Crippen LogP contribution in [0.2, 0.25) is 0 Å². The van der Waals surface area contributed by atoms with Crippen molar-refractivity contribution in [2.75, 3.05) is 20.1 Å². The third-order valence-corrected chi connectivity index (χ3v) is 7.52. The molecule has 29 heavy (non-hydrogen) atoms. The van der Waals surface area contributed by atoms with Crippen molar-refractivity contribution in [3.63, 3.8) is 0 Å². The van der Waals surface area contributed by atoms with Crippen LogP contribution in [-0.4, -0.2) is 59.1 Å². The Hall–Kier alpha value is -1.54. The van der Waals surface area contributed by atoms with E-state index in [2.05, 4.69) is 18.7 Å². The Morgan fingerprint density at radius 3 is 2.93 bits per heavy atom. The molecule has 2 aliphatic heterocycles. The number of hydrogen-bond donors (Lipinski definition) is 3. The van der Waals surface area contributed by atoms with Crippen LogP contribution in [0, 0.1) is 0 Å². The van der Waals surface area contributed by atoms with Gasteiger partial charge in [0.2, 0.25) is 0 Å². The zero-order chi connectivity index (χ0) is 19.9. The van der Waals surface area contributed by atoms with Gasteiger partial charge in [0.1, 0.15) is 23.1 Å².